The predicted molar refractivity (Wildman–Crippen MR) is 147 cm³/mol. The minimum atomic E-state index is -0.522. The Morgan fingerprint density at radius 1 is 1.11 bits per heavy atom. The Morgan fingerprint density at radius 3 is 2.61 bits per heavy atom. The third-order valence-electron chi connectivity index (χ3n) is 6.67. The number of aromatic amines is 1. The molecule has 1 aromatic heterocycles. The number of hydrogen-bond donors (Lipinski definition) is 1. The zero-order valence-corrected chi connectivity index (χ0v) is 22.5. The first-order chi connectivity index (χ1) is 18.2. The Bertz CT molecular complexity index is 1380. The first-order valence-corrected chi connectivity index (χ1v) is 13.2. The highest BCUT2D eigenvalue weighted by atomic mass is 16.6. The number of fused-ring (bicyclic) bond motifs is 2. The maximum absolute atomic E-state index is 13.3. The summed E-state index contributed by atoms with van der Waals surface area (Å²) in [4.78, 5) is 33.1. The summed E-state index contributed by atoms with van der Waals surface area (Å²) in [6.07, 6.45) is 4.27. The molecule has 0 aliphatic carbocycles. The van der Waals surface area contributed by atoms with E-state index in [1.807, 2.05) is 57.3 Å². The number of aromatic nitrogens is 1. The number of rotatable bonds is 6. The highest BCUT2D eigenvalue weighted by molar-refractivity contribution is 6.15. The molecule has 0 bridgehead atoms. The Morgan fingerprint density at radius 2 is 1.87 bits per heavy atom. The van der Waals surface area contributed by atoms with Gasteiger partial charge in [0.1, 0.15) is 17.1 Å². The van der Waals surface area contributed by atoms with E-state index in [0.717, 1.165) is 34.2 Å². The van der Waals surface area contributed by atoms with Gasteiger partial charge in [0.15, 0.2) is 5.76 Å². The molecular weight excluding hydrogens is 482 g/mol. The Kier molecular flexibility index (Phi) is 7.17. The van der Waals surface area contributed by atoms with E-state index < -0.39 is 5.60 Å². The van der Waals surface area contributed by atoms with Gasteiger partial charge >= 0.3 is 6.09 Å². The quantitative estimate of drug-likeness (QED) is 0.427. The summed E-state index contributed by atoms with van der Waals surface area (Å²) >= 11 is 0. The number of ketones is 1. The van der Waals surface area contributed by atoms with Crippen molar-refractivity contribution in [1.82, 2.24) is 14.8 Å². The topological polar surface area (TPSA) is 84.1 Å². The molecule has 38 heavy (non-hydrogen) atoms. The van der Waals surface area contributed by atoms with Crippen LogP contribution in [0.5, 0.6) is 11.5 Å². The van der Waals surface area contributed by atoms with Crippen molar-refractivity contribution < 1.29 is 23.8 Å². The van der Waals surface area contributed by atoms with Gasteiger partial charge in [-0.25, -0.2) is 4.79 Å². The Labute approximate surface area is 223 Å². The molecule has 2 aliphatic heterocycles. The summed E-state index contributed by atoms with van der Waals surface area (Å²) < 4.78 is 17.9. The number of Topliss-reactive ketones (excluding diaryl/α,β-unsaturated/α-hetero) is 1. The van der Waals surface area contributed by atoms with Crippen molar-refractivity contribution in [1.29, 1.82) is 0 Å². The van der Waals surface area contributed by atoms with Gasteiger partial charge < -0.3 is 24.1 Å². The fourth-order valence-corrected chi connectivity index (χ4v) is 4.78. The highest BCUT2D eigenvalue weighted by Gasteiger charge is 2.33. The van der Waals surface area contributed by atoms with Gasteiger partial charge in [-0.3, -0.25) is 9.69 Å². The van der Waals surface area contributed by atoms with E-state index in [9.17, 15) is 9.59 Å². The molecule has 1 N–H and O–H groups in total. The van der Waals surface area contributed by atoms with Crippen LogP contribution in [-0.2, 0) is 11.3 Å². The smallest absolute Gasteiger partial charge is 0.410 e. The SMILES string of the molecule is CCCOc1ccc2c(c1CN1CCN(C(=O)OC(C)(C)C)CC1)OC(=Cc1c[nH]c3ccccc13)C2=O. The summed E-state index contributed by atoms with van der Waals surface area (Å²) in [6, 6.07) is 11.6. The number of benzene rings is 2. The largest absolute Gasteiger partial charge is 0.493 e. The van der Waals surface area contributed by atoms with Crippen LogP contribution in [-0.4, -0.2) is 65.0 Å². The molecule has 0 radical (unpaired) electrons. The molecule has 1 saturated heterocycles. The predicted octanol–water partition coefficient (Wildman–Crippen LogP) is 5.63. The lowest BCUT2D eigenvalue weighted by Crippen LogP contribution is -2.49. The standard InChI is InChI=1S/C30H35N3O5/c1-5-16-36-25-11-10-22-27(34)26(17-20-18-31-24-9-7-6-8-21(20)24)37-28(22)23(25)19-32-12-14-33(15-13-32)29(35)38-30(2,3)4/h6-11,17-18,31H,5,12-16,19H2,1-4H3. The molecule has 200 valence electrons. The number of hydrogen-bond acceptors (Lipinski definition) is 6. The molecule has 0 unspecified atom stereocenters. The molecule has 5 rings (SSSR count). The summed E-state index contributed by atoms with van der Waals surface area (Å²) in [5.41, 5.74) is 2.79. The summed E-state index contributed by atoms with van der Waals surface area (Å²) in [6.45, 7) is 11.3. The van der Waals surface area contributed by atoms with Crippen molar-refractivity contribution >= 4 is 28.9 Å². The number of nitrogens with one attached hydrogen (secondary N) is 1. The van der Waals surface area contributed by atoms with Crippen LogP contribution in [0.3, 0.4) is 0 Å². The molecular formula is C30H35N3O5. The number of carbonyl (C=O) groups is 2. The number of carbonyl (C=O) groups excluding carboxylic acids is 2. The monoisotopic (exact) mass is 517 g/mol. The number of allylic oxidation sites excluding steroid dienone is 1. The lowest BCUT2D eigenvalue weighted by molar-refractivity contribution is 0.0137. The fourth-order valence-electron chi connectivity index (χ4n) is 4.78. The van der Waals surface area contributed by atoms with Gasteiger partial charge in [0.05, 0.1) is 17.7 Å². The number of H-pyrrole nitrogens is 1. The third kappa shape index (κ3) is 5.41. The first kappa shape index (κ1) is 25.9. The van der Waals surface area contributed by atoms with Crippen molar-refractivity contribution in [2.75, 3.05) is 32.8 Å². The van der Waals surface area contributed by atoms with Crippen LogP contribution in [0.1, 0.15) is 55.6 Å². The van der Waals surface area contributed by atoms with Crippen LogP contribution in [0.15, 0.2) is 48.4 Å². The zero-order valence-electron chi connectivity index (χ0n) is 22.5. The molecule has 3 heterocycles. The van der Waals surface area contributed by atoms with Gasteiger partial charge in [-0.1, -0.05) is 25.1 Å². The molecule has 2 aromatic carbocycles. The molecule has 2 aliphatic rings. The Hall–Kier alpha value is -3.78. The number of para-hydroxylation sites is 1. The van der Waals surface area contributed by atoms with E-state index in [-0.39, 0.29) is 11.9 Å². The maximum atomic E-state index is 13.3. The van der Waals surface area contributed by atoms with Gasteiger partial charge in [-0.15, -0.1) is 0 Å². The second-order valence-corrected chi connectivity index (χ2v) is 10.7. The lowest BCUT2D eigenvalue weighted by atomic mass is 10.0. The molecule has 0 spiro atoms. The molecule has 8 nitrogen and oxygen atoms in total. The fraction of sp³-hybridized carbons (Fsp3) is 0.400. The van der Waals surface area contributed by atoms with Gasteiger partial charge in [0, 0.05) is 55.4 Å². The van der Waals surface area contributed by atoms with Crippen molar-refractivity contribution in [3.63, 3.8) is 0 Å². The Balaban J connectivity index is 1.37. The van der Waals surface area contributed by atoms with E-state index in [4.69, 9.17) is 14.2 Å². The van der Waals surface area contributed by atoms with Gasteiger partial charge in [-0.05, 0) is 51.5 Å². The zero-order chi connectivity index (χ0) is 26.9. The van der Waals surface area contributed by atoms with Crippen LogP contribution in [0.2, 0.25) is 0 Å². The van der Waals surface area contributed by atoms with E-state index >= 15 is 0 Å². The van der Waals surface area contributed by atoms with Crippen LogP contribution < -0.4 is 9.47 Å². The number of ether oxygens (including phenoxy) is 3. The molecule has 1 fully saturated rings. The maximum Gasteiger partial charge on any atom is 0.410 e. The summed E-state index contributed by atoms with van der Waals surface area (Å²) in [5.74, 6) is 1.45. The first-order valence-electron chi connectivity index (χ1n) is 13.2. The number of amides is 1. The van der Waals surface area contributed by atoms with Gasteiger partial charge in [0.2, 0.25) is 5.78 Å². The molecule has 8 heteroatoms. The minimum absolute atomic E-state index is 0.136. The minimum Gasteiger partial charge on any atom is -0.493 e. The van der Waals surface area contributed by atoms with Gasteiger partial charge in [0.25, 0.3) is 0 Å². The molecule has 0 saturated carbocycles. The van der Waals surface area contributed by atoms with E-state index in [2.05, 4.69) is 16.8 Å². The van der Waals surface area contributed by atoms with Crippen LogP contribution >= 0.6 is 0 Å². The summed E-state index contributed by atoms with van der Waals surface area (Å²) in [5, 5.41) is 1.03. The average Bonchev–Trinajstić information content (AvgIpc) is 3.44. The normalized spacial score (nSPS) is 17.1. The van der Waals surface area contributed by atoms with Gasteiger partial charge in [-0.2, -0.15) is 0 Å². The molecule has 1 amide bonds. The second kappa shape index (κ2) is 10.5. The van der Waals surface area contributed by atoms with E-state index in [1.165, 1.54) is 0 Å². The van der Waals surface area contributed by atoms with E-state index in [1.54, 1.807) is 17.0 Å². The summed E-state index contributed by atoms with van der Waals surface area (Å²) in [7, 11) is 0. The van der Waals surface area contributed by atoms with Crippen molar-refractivity contribution in [2.45, 2.75) is 46.3 Å². The van der Waals surface area contributed by atoms with Crippen LogP contribution in [0.4, 0.5) is 4.79 Å². The van der Waals surface area contributed by atoms with Crippen molar-refractivity contribution in [3.05, 3.63) is 65.0 Å². The average molecular weight is 518 g/mol. The third-order valence-corrected chi connectivity index (χ3v) is 6.67. The van der Waals surface area contributed by atoms with Crippen molar-refractivity contribution in [2.24, 2.45) is 0 Å². The van der Waals surface area contributed by atoms with Crippen molar-refractivity contribution in [3.8, 4) is 11.5 Å². The van der Waals surface area contributed by atoms with Crippen LogP contribution in [0.25, 0.3) is 17.0 Å². The number of nitrogens with zero attached hydrogens (tertiary/aromatic N) is 2. The molecule has 0 atom stereocenters. The van der Waals surface area contributed by atoms with Crippen LogP contribution in [0, 0.1) is 0 Å². The van der Waals surface area contributed by atoms with E-state index in [0.29, 0.717) is 56.4 Å². The highest BCUT2D eigenvalue weighted by Crippen LogP contribution is 2.41. The number of piperazine rings is 1. The lowest BCUT2D eigenvalue weighted by Gasteiger charge is -2.35. The molecule has 3 aromatic rings. The second-order valence-electron chi connectivity index (χ2n) is 10.7.